The number of piperidine rings is 1. The molecule has 1 saturated carbocycles. The molecule has 18 heterocycles. The van der Waals surface area contributed by atoms with E-state index in [1.54, 1.807) is 31.0 Å². The Morgan fingerprint density at radius 3 is 1.21 bits per heavy atom. The molecule has 20 nitrogen and oxygen atoms in total. The molecule has 12 atom stereocenters. The zero-order chi connectivity index (χ0) is 89.3. The van der Waals surface area contributed by atoms with Crippen molar-refractivity contribution in [1.82, 2.24) is 39.6 Å². The normalized spacial score (nSPS) is 22.7. The van der Waals surface area contributed by atoms with Gasteiger partial charge < -0.3 is 56.4 Å². The summed E-state index contributed by atoms with van der Waals surface area (Å²) in [6, 6.07) is 80.0. The third-order valence-corrected chi connectivity index (χ3v) is 30.9. The second-order valence-electron chi connectivity index (χ2n) is 38.0. The van der Waals surface area contributed by atoms with Gasteiger partial charge in [-0.15, -0.1) is 0 Å². The largest absolute Gasteiger partial charge is 0.436 e. The van der Waals surface area contributed by atoms with Crippen LogP contribution in [0.15, 0.2) is 271 Å². The SMILES string of the molecule is Cc1ccc2c(oc3ncccc32)c1N1C2CCC(C2)N(C)C1C.Cc1ccc2c(oc3ncccc32)c1N1C2CCCN(C2)C1C.Cc1ccc2c(oc3ncccc32)c1N1C2CN(Cc3ccccc32)C1C.Cc1ccc2c(oc3ncccc32)c1N1C2Cc3ccccc3N(C2)C1C.Cc1ccc2c(oc3ncccc32)c1N1c2ccccc2-c2ccccc2N(C)C1C. The maximum atomic E-state index is 6.36. The predicted octanol–water partition coefficient (Wildman–Crippen LogP) is 25.0. The molecule has 0 spiro atoms. The fraction of sp³-hybridized carbons (Fsp3) is 0.295. The van der Waals surface area contributed by atoms with Gasteiger partial charge in [-0.1, -0.05) is 140 Å². The number of rotatable bonds is 5. The van der Waals surface area contributed by atoms with Crippen LogP contribution < -0.4 is 34.3 Å². The first kappa shape index (κ1) is 81.4. The molecule has 6 fully saturated rings. The first-order chi connectivity index (χ1) is 64.5. The van der Waals surface area contributed by atoms with Crippen LogP contribution in [-0.2, 0) is 13.0 Å². The number of hydrogen-bond acceptors (Lipinski definition) is 20. The zero-order valence-corrected chi connectivity index (χ0v) is 77.0. The number of furan rings is 5. The second-order valence-corrected chi connectivity index (χ2v) is 38.0. The van der Waals surface area contributed by atoms with Gasteiger partial charge in [-0.25, -0.2) is 24.9 Å². The number of fused-ring (bicyclic) bond motifs is 30. The molecule has 132 heavy (non-hydrogen) atoms. The average Bonchev–Trinajstić information content (AvgIpc) is 1.60. The Morgan fingerprint density at radius 1 is 0.311 bits per heavy atom. The minimum atomic E-state index is 0.0790. The fourth-order valence-electron chi connectivity index (χ4n) is 24.2. The molecule has 0 radical (unpaired) electrons. The average molecular weight is 1750 g/mol. The molecule has 0 amide bonds. The standard InChI is InChI=1S/C27H23N3O.2C23H21N3O.C20H23N3O.C19H21N3O/c1-17-14-15-21-22-11-8-16-28-27(22)31-26(21)25(17)30-18(2)29(3)23-12-6-4-9-19(23)20-10-5-7-13-24(20)30;1-14-9-10-18-19-7-5-11-24-23(19)27-22(18)21(14)26-15(2)25-13-17(26)12-16-6-3-4-8-20(16)25;1-14-9-10-18-19-8-5-11-24-23(19)27-22(18)21(14)26-15(2)25-12-16-6-3-4-7-17(16)20(26)13-25;1-12-6-9-16-17-5-4-10-21-20(17)24-19(16)18(12)23-13(2)22(3)14-7-8-15(23)11-14;1-12-7-8-15-16-6-3-9-20-19(16)23-18(15)17(12)22-13(2)21-10-4-5-14(22)11-21/h4-16,18H,1-3H3;3-11,15,17H,12-13H2,1-2H3;3-11,15,20H,12-13H2,1-2H3;4-6,9-10,13-15H,7-8,11H2,1-3H3;3,6-9,13-14H,4-5,10-11H2,1-2H3. The Kier molecular flexibility index (Phi) is 19.8. The minimum absolute atomic E-state index is 0.0790. The van der Waals surface area contributed by atoms with Gasteiger partial charge in [0.2, 0.25) is 28.6 Å². The molecule has 9 aromatic carbocycles. The lowest BCUT2D eigenvalue weighted by atomic mass is 9.96. The van der Waals surface area contributed by atoms with Crippen molar-refractivity contribution in [3.8, 4) is 11.1 Å². The Bertz CT molecular complexity index is 7760. The summed E-state index contributed by atoms with van der Waals surface area (Å²) in [6.45, 7) is 28.0. The number of aromatic nitrogens is 5. The van der Waals surface area contributed by atoms with Crippen molar-refractivity contribution in [2.24, 2.45) is 0 Å². The summed E-state index contributed by atoms with van der Waals surface area (Å²) in [7, 11) is 4.43. The zero-order valence-electron chi connectivity index (χ0n) is 77.0. The Morgan fingerprint density at radius 2 is 0.712 bits per heavy atom. The van der Waals surface area contributed by atoms with E-state index in [1.165, 1.54) is 151 Å². The molecular weight excluding hydrogens is 1640 g/mol. The number of anilines is 8. The van der Waals surface area contributed by atoms with Gasteiger partial charge in [0.15, 0.2) is 27.9 Å². The lowest BCUT2D eigenvalue weighted by Crippen LogP contribution is -2.56. The third kappa shape index (κ3) is 12.9. The highest BCUT2D eigenvalue weighted by Gasteiger charge is 2.48. The molecule has 9 aliphatic rings. The highest BCUT2D eigenvalue weighted by Crippen LogP contribution is 2.54. The molecule has 8 aliphatic heterocycles. The summed E-state index contributed by atoms with van der Waals surface area (Å²) in [5.74, 6) is 0. The van der Waals surface area contributed by atoms with Crippen molar-refractivity contribution in [2.45, 2.75) is 175 Å². The number of benzene rings is 9. The van der Waals surface area contributed by atoms with Gasteiger partial charge in [0.25, 0.3) is 0 Å². The maximum absolute atomic E-state index is 6.36. The van der Waals surface area contributed by atoms with E-state index in [-0.39, 0.29) is 6.17 Å². The topological polar surface area (TPSA) is 163 Å². The predicted molar refractivity (Wildman–Crippen MR) is 536 cm³/mol. The van der Waals surface area contributed by atoms with E-state index in [0.717, 1.165) is 132 Å². The van der Waals surface area contributed by atoms with E-state index in [1.807, 2.05) is 30.3 Å². The van der Waals surface area contributed by atoms with E-state index in [0.29, 0.717) is 54.5 Å². The van der Waals surface area contributed by atoms with E-state index < -0.39 is 0 Å². The van der Waals surface area contributed by atoms with Gasteiger partial charge in [-0.2, -0.15) is 0 Å². The van der Waals surface area contributed by atoms with Gasteiger partial charge in [0.05, 0.1) is 70.9 Å². The molecule has 1 aliphatic carbocycles. The van der Waals surface area contributed by atoms with Crippen LogP contribution in [0, 0.1) is 34.6 Å². The first-order valence-electron chi connectivity index (χ1n) is 47.3. The molecule has 28 rings (SSSR count). The van der Waals surface area contributed by atoms with E-state index in [4.69, 9.17) is 22.1 Å². The van der Waals surface area contributed by atoms with Gasteiger partial charge >= 0.3 is 0 Å². The van der Waals surface area contributed by atoms with Gasteiger partial charge in [-0.3, -0.25) is 14.7 Å². The first-order valence-corrected chi connectivity index (χ1v) is 47.3. The lowest BCUT2D eigenvalue weighted by molar-refractivity contribution is 0.149. The van der Waals surface area contributed by atoms with Crippen LogP contribution >= 0.6 is 0 Å². The van der Waals surface area contributed by atoms with Gasteiger partial charge in [0.1, 0.15) is 6.17 Å². The Hall–Kier alpha value is -13.8. The van der Waals surface area contributed by atoms with Crippen LogP contribution in [0.2, 0.25) is 0 Å². The number of para-hydroxylation sites is 3. The van der Waals surface area contributed by atoms with Crippen LogP contribution in [0.1, 0.15) is 117 Å². The number of aryl methyl sites for hydroxylation is 5. The Balaban J connectivity index is 0.0000000913. The van der Waals surface area contributed by atoms with Crippen molar-refractivity contribution in [3.05, 3.63) is 294 Å². The van der Waals surface area contributed by atoms with Crippen LogP contribution in [0.5, 0.6) is 0 Å². The Labute approximate surface area is 767 Å². The second kappa shape index (κ2) is 32.1. The molecule has 662 valence electrons. The summed E-state index contributed by atoms with van der Waals surface area (Å²) in [4.78, 5) is 47.5. The molecule has 20 heteroatoms. The van der Waals surface area contributed by atoms with Crippen LogP contribution in [0.3, 0.4) is 0 Å². The van der Waals surface area contributed by atoms with E-state index >= 15 is 0 Å². The van der Waals surface area contributed by atoms with Crippen LogP contribution in [0.4, 0.5) is 45.5 Å². The van der Waals surface area contributed by atoms with E-state index in [9.17, 15) is 0 Å². The number of pyridine rings is 5. The summed E-state index contributed by atoms with van der Waals surface area (Å²) >= 11 is 0. The monoisotopic (exact) mass is 1740 g/mol. The van der Waals surface area contributed by atoms with Crippen molar-refractivity contribution < 1.29 is 22.1 Å². The molecule has 12 unspecified atom stereocenters. The smallest absolute Gasteiger partial charge is 0.227 e. The quantitative estimate of drug-likeness (QED) is 0.160. The van der Waals surface area contributed by atoms with Crippen molar-refractivity contribution in [2.75, 3.05) is 74.6 Å². The molecular formula is C112H109N15O5. The summed E-state index contributed by atoms with van der Waals surface area (Å²) in [5, 5.41) is 11.2. The highest BCUT2D eigenvalue weighted by atomic mass is 16.4. The molecule has 8 bridgehead atoms. The lowest BCUT2D eigenvalue weighted by Gasteiger charge is -2.47. The van der Waals surface area contributed by atoms with Gasteiger partial charge in [-0.05, 0) is 238 Å². The number of hydrogen-bond donors (Lipinski definition) is 0. The molecule has 19 aromatic rings. The summed E-state index contributed by atoms with van der Waals surface area (Å²) in [5.41, 5.74) is 31.3. The van der Waals surface area contributed by atoms with Crippen molar-refractivity contribution >= 4 is 156 Å². The minimum Gasteiger partial charge on any atom is -0.436 e. The van der Waals surface area contributed by atoms with Crippen LogP contribution in [0.25, 0.3) is 121 Å². The summed E-state index contributed by atoms with van der Waals surface area (Å²) < 4.78 is 31.4. The summed E-state index contributed by atoms with van der Waals surface area (Å²) in [6.07, 6.45) is 18.0. The molecule has 5 saturated heterocycles. The fourth-order valence-corrected chi connectivity index (χ4v) is 24.2. The highest BCUT2D eigenvalue weighted by molar-refractivity contribution is 6.14. The van der Waals surface area contributed by atoms with Crippen molar-refractivity contribution in [1.29, 1.82) is 0 Å². The van der Waals surface area contributed by atoms with Crippen LogP contribution in [-0.4, -0.2) is 135 Å². The number of nitrogens with zero attached hydrogens (tertiary/aromatic N) is 15. The van der Waals surface area contributed by atoms with Crippen molar-refractivity contribution in [3.63, 3.8) is 0 Å². The third-order valence-electron chi connectivity index (χ3n) is 30.9. The van der Waals surface area contributed by atoms with Gasteiger partial charge in [0, 0.05) is 165 Å². The molecule has 0 N–H and O–H groups in total. The maximum Gasteiger partial charge on any atom is 0.227 e. The van der Waals surface area contributed by atoms with E-state index in [2.05, 4.69) is 345 Å². The molecule has 10 aromatic heterocycles.